The Bertz CT molecular complexity index is 1070. The number of aryl methyl sites for hydroxylation is 1. The monoisotopic (exact) mass is 434 g/mol. The van der Waals surface area contributed by atoms with E-state index in [9.17, 15) is 14.4 Å². The summed E-state index contributed by atoms with van der Waals surface area (Å²) in [5, 5.41) is 0.602. The number of likely N-dealkylation sites (tertiary alicyclic amines) is 1. The zero-order valence-electron chi connectivity index (χ0n) is 18.1. The molecule has 32 heavy (non-hydrogen) atoms. The van der Waals surface area contributed by atoms with E-state index in [1.165, 1.54) is 0 Å². The molecule has 0 radical (unpaired) electrons. The van der Waals surface area contributed by atoms with E-state index in [1.807, 2.05) is 37.3 Å². The molecular formula is C25H26N2O5. The number of amides is 3. The van der Waals surface area contributed by atoms with Gasteiger partial charge in [0.25, 0.3) is 11.8 Å². The smallest absolute Gasteiger partial charge is 0.381 e. The van der Waals surface area contributed by atoms with Crippen molar-refractivity contribution in [3.05, 3.63) is 59.2 Å². The maximum absolute atomic E-state index is 12.9. The number of fused-ring (bicyclic) bond motifs is 1. The van der Waals surface area contributed by atoms with Crippen LogP contribution in [0.25, 0.3) is 11.1 Å². The lowest BCUT2D eigenvalue weighted by Gasteiger charge is -2.35. The van der Waals surface area contributed by atoms with Crippen LogP contribution in [-0.2, 0) is 9.57 Å². The summed E-state index contributed by atoms with van der Waals surface area (Å²) in [7, 11) is 0. The fourth-order valence-corrected chi connectivity index (χ4v) is 4.68. The van der Waals surface area contributed by atoms with Crippen LogP contribution in [0.1, 0.15) is 45.5 Å². The first-order chi connectivity index (χ1) is 15.5. The van der Waals surface area contributed by atoms with E-state index in [0.29, 0.717) is 30.0 Å². The van der Waals surface area contributed by atoms with Crippen LogP contribution in [-0.4, -0.2) is 54.2 Å². The highest BCUT2D eigenvalue weighted by atomic mass is 16.7. The Hall–Kier alpha value is -3.19. The van der Waals surface area contributed by atoms with Crippen molar-refractivity contribution in [2.45, 2.75) is 26.2 Å². The van der Waals surface area contributed by atoms with Gasteiger partial charge in [0.15, 0.2) is 0 Å². The molecule has 0 N–H and O–H groups in total. The molecular weight excluding hydrogens is 408 g/mol. The van der Waals surface area contributed by atoms with E-state index in [0.717, 1.165) is 49.2 Å². The molecule has 7 nitrogen and oxygen atoms in total. The predicted octanol–water partition coefficient (Wildman–Crippen LogP) is 4.06. The highest BCUT2D eigenvalue weighted by molar-refractivity contribution is 6.21. The molecule has 0 saturated carbocycles. The molecule has 0 bridgehead atoms. The van der Waals surface area contributed by atoms with Gasteiger partial charge < -0.3 is 14.5 Å². The molecule has 2 aromatic carbocycles. The Morgan fingerprint density at radius 2 is 1.69 bits per heavy atom. The topological polar surface area (TPSA) is 76.2 Å². The Morgan fingerprint density at radius 3 is 2.38 bits per heavy atom. The van der Waals surface area contributed by atoms with E-state index in [4.69, 9.17) is 9.57 Å². The number of piperidine rings is 1. The van der Waals surface area contributed by atoms with Crippen molar-refractivity contribution >= 4 is 17.9 Å². The fourth-order valence-electron chi connectivity index (χ4n) is 4.68. The van der Waals surface area contributed by atoms with Gasteiger partial charge in [0, 0.05) is 19.0 Å². The van der Waals surface area contributed by atoms with Crippen LogP contribution in [0.5, 0.6) is 0 Å². The lowest BCUT2D eigenvalue weighted by atomic mass is 9.86. The van der Waals surface area contributed by atoms with E-state index in [2.05, 4.69) is 0 Å². The molecule has 3 amide bonds. The van der Waals surface area contributed by atoms with Crippen molar-refractivity contribution in [2.75, 3.05) is 26.3 Å². The second-order valence-corrected chi connectivity index (χ2v) is 8.96. The van der Waals surface area contributed by atoms with Crippen LogP contribution in [0.3, 0.4) is 0 Å². The molecule has 0 unspecified atom stereocenters. The summed E-state index contributed by atoms with van der Waals surface area (Å²) in [6.07, 6.45) is 2.27. The van der Waals surface area contributed by atoms with Crippen molar-refractivity contribution in [1.82, 2.24) is 9.96 Å². The zero-order valence-corrected chi connectivity index (χ0v) is 18.1. The first-order valence-electron chi connectivity index (χ1n) is 11.1. The highest BCUT2D eigenvalue weighted by Gasteiger charge is 2.40. The second kappa shape index (κ2) is 8.39. The molecule has 7 heteroatoms. The first kappa shape index (κ1) is 20.7. The molecule has 3 heterocycles. The number of ether oxygens (including phenoxy) is 1. The lowest BCUT2D eigenvalue weighted by molar-refractivity contribution is -0.0628. The molecule has 2 aromatic rings. The number of nitrogens with zero attached hydrogens (tertiary/aromatic N) is 2. The van der Waals surface area contributed by atoms with Gasteiger partial charge in [0.05, 0.1) is 24.3 Å². The number of carbonyl (C=O) groups excluding carboxylic acids is 3. The number of carbonyl (C=O) groups is 3. The third-order valence-corrected chi connectivity index (χ3v) is 6.62. The van der Waals surface area contributed by atoms with Crippen molar-refractivity contribution in [3.63, 3.8) is 0 Å². The van der Waals surface area contributed by atoms with Gasteiger partial charge in [-0.1, -0.05) is 41.0 Å². The predicted molar refractivity (Wildman–Crippen MR) is 117 cm³/mol. The van der Waals surface area contributed by atoms with Gasteiger partial charge in [-0.05, 0) is 55.4 Å². The molecule has 0 aliphatic carbocycles. The minimum Gasteiger partial charge on any atom is -0.381 e. The number of hydrogen-bond acceptors (Lipinski definition) is 5. The SMILES string of the molecule is Cc1cccc(-c2ccc3c(c2)C(=O)N(OC(=O)N2CCC(CC4COC4)CC2)C3=O)c1. The Kier molecular flexibility index (Phi) is 5.43. The third-order valence-electron chi connectivity index (χ3n) is 6.62. The minimum absolute atomic E-state index is 0.251. The van der Waals surface area contributed by atoms with E-state index in [-0.39, 0.29) is 11.1 Å². The molecule has 0 atom stereocenters. The Labute approximate surface area is 186 Å². The number of benzene rings is 2. The van der Waals surface area contributed by atoms with Gasteiger partial charge in [0.1, 0.15) is 0 Å². The molecule has 0 aromatic heterocycles. The summed E-state index contributed by atoms with van der Waals surface area (Å²) in [5.41, 5.74) is 3.40. The zero-order chi connectivity index (χ0) is 22.2. The van der Waals surface area contributed by atoms with Crippen LogP contribution in [0.2, 0.25) is 0 Å². The maximum Gasteiger partial charge on any atom is 0.434 e. The normalized spacial score (nSPS) is 19.2. The van der Waals surface area contributed by atoms with Gasteiger partial charge in [-0.25, -0.2) is 4.79 Å². The maximum atomic E-state index is 12.9. The van der Waals surface area contributed by atoms with Crippen molar-refractivity contribution in [2.24, 2.45) is 11.8 Å². The summed E-state index contributed by atoms with van der Waals surface area (Å²) in [5.74, 6) is 0.00979. The molecule has 2 fully saturated rings. The Balaban J connectivity index is 1.24. The van der Waals surface area contributed by atoms with Gasteiger partial charge in [-0.2, -0.15) is 0 Å². The van der Waals surface area contributed by atoms with Crippen LogP contribution in [0.15, 0.2) is 42.5 Å². The van der Waals surface area contributed by atoms with E-state index < -0.39 is 17.9 Å². The number of hydrogen-bond donors (Lipinski definition) is 0. The number of imide groups is 1. The summed E-state index contributed by atoms with van der Waals surface area (Å²) in [6.45, 7) is 4.81. The van der Waals surface area contributed by atoms with Crippen LogP contribution in [0, 0.1) is 18.8 Å². The lowest BCUT2D eigenvalue weighted by Crippen LogP contribution is -2.44. The van der Waals surface area contributed by atoms with Gasteiger partial charge in [-0.3, -0.25) is 9.59 Å². The van der Waals surface area contributed by atoms with E-state index in [1.54, 1.807) is 17.0 Å². The van der Waals surface area contributed by atoms with Crippen LogP contribution >= 0.6 is 0 Å². The highest BCUT2D eigenvalue weighted by Crippen LogP contribution is 2.31. The fraction of sp³-hybridized carbons (Fsp3) is 0.400. The summed E-state index contributed by atoms with van der Waals surface area (Å²) >= 11 is 0. The minimum atomic E-state index is -0.649. The largest absolute Gasteiger partial charge is 0.434 e. The van der Waals surface area contributed by atoms with Crippen molar-refractivity contribution in [1.29, 1.82) is 0 Å². The molecule has 0 spiro atoms. The van der Waals surface area contributed by atoms with Crippen LogP contribution < -0.4 is 0 Å². The molecule has 5 rings (SSSR count). The first-order valence-corrected chi connectivity index (χ1v) is 11.1. The van der Waals surface area contributed by atoms with Gasteiger partial charge >= 0.3 is 6.09 Å². The molecule has 166 valence electrons. The standard InChI is InChI=1S/C25H26N2O5/c1-16-3-2-4-19(11-16)20-5-6-21-22(13-20)24(29)27(23(21)28)32-25(30)26-9-7-17(8-10-26)12-18-14-31-15-18/h2-6,11,13,17-18H,7-10,12,14-15H2,1H3. The van der Waals surface area contributed by atoms with E-state index >= 15 is 0 Å². The number of rotatable bonds is 4. The third kappa shape index (κ3) is 3.88. The Morgan fingerprint density at radius 1 is 0.969 bits per heavy atom. The summed E-state index contributed by atoms with van der Waals surface area (Å²) in [6, 6.07) is 13.0. The van der Waals surface area contributed by atoms with Crippen LogP contribution in [0.4, 0.5) is 4.79 Å². The molecule has 3 aliphatic rings. The van der Waals surface area contributed by atoms with Crippen molar-refractivity contribution < 1.29 is 24.0 Å². The quantitative estimate of drug-likeness (QED) is 0.679. The molecule has 2 saturated heterocycles. The number of hydroxylamine groups is 2. The van der Waals surface area contributed by atoms with Crippen molar-refractivity contribution in [3.8, 4) is 11.1 Å². The summed E-state index contributed by atoms with van der Waals surface area (Å²) in [4.78, 5) is 45.1. The second-order valence-electron chi connectivity index (χ2n) is 8.96. The summed E-state index contributed by atoms with van der Waals surface area (Å²) < 4.78 is 5.24. The van der Waals surface area contributed by atoms with Gasteiger partial charge in [0.2, 0.25) is 0 Å². The molecule has 3 aliphatic heterocycles. The average molecular weight is 434 g/mol. The van der Waals surface area contributed by atoms with Gasteiger partial charge in [-0.15, -0.1) is 0 Å². The average Bonchev–Trinajstić information content (AvgIpc) is 3.01.